The van der Waals surface area contributed by atoms with Crippen LogP contribution in [0.4, 0.5) is 5.69 Å². The quantitative estimate of drug-likeness (QED) is 0.709. The fraction of sp³-hybridized carbons (Fsp3) is 0.250. The highest BCUT2D eigenvalue weighted by Gasteiger charge is 2.23. The predicted octanol–water partition coefficient (Wildman–Crippen LogP) is 4.08. The van der Waals surface area contributed by atoms with Crippen molar-refractivity contribution < 1.29 is 14.3 Å². The van der Waals surface area contributed by atoms with Crippen molar-refractivity contribution in [3.05, 3.63) is 53.4 Å². The molecule has 3 aromatic rings. The highest BCUT2D eigenvalue weighted by atomic mass is 32.1. The highest BCUT2D eigenvalue weighted by molar-refractivity contribution is 7.17. The number of hydrogen-bond donors (Lipinski definition) is 0. The number of hydrogen-bond acceptors (Lipinski definition) is 4. The Bertz CT molecular complexity index is 918. The van der Waals surface area contributed by atoms with E-state index in [0.29, 0.717) is 19.8 Å². The summed E-state index contributed by atoms with van der Waals surface area (Å²) in [6.07, 6.45) is 0. The van der Waals surface area contributed by atoms with E-state index in [1.165, 1.54) is 15.6 Å². The molecule has 1 aliphatic heterocycles. The third kappa shape index (κ3) is 3.06. The number of anilines is 1. The van der Waals surface area contributed by atoms with Crippen molar-refractivity contribution in [3.63, 3.8) is 0 Å². The summed E-state index contributed by atoms with van der Waals surface area (Å²) in [4.78, 5) is 14.2. The number of thiophene rings is 1. The summed E-state index contributed by atoms with van der Waals surface area (Å²) < 4.78 is 12.0. The molecule has 0 aliphatic carbocycles. The van der Waals surface area contributed by atoms with Crippen molar-refractivity contribution in [1.82, 2.24) is 0 Å². The minimum atomic E-state index is -0.0249. The van der Waals surface area contributed by atoms with Gasteiger partial charge in [0.2, 0.25) is 0 Å². The van der Waals surface area contributed by atoms with Crippen molar-refractivity contribution in [2.24, 2.45) is 0 Å². The average molecular weight is 353 g/mol. The standard InChI is InChI=1S/C20H19NO3S/c1-23-9-8-21-18-10-14(6-7-15(18)11-24-12-20(21)22)17-13-25-19-5-3-2-4-16(17)19/h2-7,10,13H,8-9,11-12H2,1H3. The van der Waals surface area contributed by atoms with E-state index in [-0.39, 0.29) is 12.5 Å². The predicted molar refractivity (Wildman–Crippen MR) is 101 cm³/mol. The molecule has 0 fully saturated rings. The number of methoxy groups -OCH3 is 1. The van der Waals surface area contributed by atoms with Crippen LogP contribution in [-0.4, -0.2) is 32.8 Å². The summed E-state index contributed by atoms with van der Waals surface area (Å²) in [6, 6.07) is 14.7. The summed E-state index contributed by atoms with van der Waals surface area (Å²) in [5, 5.41) is 3.42. The van der Waals surface area contributed by atoms with Gasteiger partial charge in [-0.15, -0.1) is 11.3 Å². The van der Waals surface area contributed by atoms with Crippen molar-refractivity contribution in [3.8, 4) is 11.1 Å². The van der Waals surface area contributed by atoms with Gasteiger partial charge in [-0.05, 0) is 23.1 Å². The van der Waals surface area contributed by atoms with Gasteiger partial charge in [0.05, 0.1) is 13.2 Å². The molecule has 128 valence electrons. The Morgan fingerprint density at radius 3 is 2.96 bits per heavy atom. The average Bonchev–Trinajstić information content (AvgIpc) is 3.00. The Kier molecular flexibility index (Phi) is 4.53. The fourth-order valence-electron chi connectivity index (χ4n) is 3.19. The van der Waals surface area contributed by atoms with Gasteiger partial charge in [0, 0.05) is 40.6 Å². The summed E-state index contributed by atoms with van der Waals surface area (Å²) in [6.45, 7) is 1.58. The first-order chi connectivity index (χ1) is 12.3. The monoisotopic (exact) mass is 353 g/mol. The van der Waals surface area contributed by atoms with Crippen molar-refractivity contribution in [2.45, 2.75) is 6.61 Å². The molecule has 0 spiro atoms. The van der Waals surface area contributed by atoms with Gasteiger partial charge in [-0.3, -0.25) is 4.79 Å². The highest BCUT2D eigenvalue weighted by Crippen LogP contribution is 2.37. The van der Waals surface area contributed by atoms with Gasteiger partial charge in [-0.25, -0.2) is 0 Å². The van der Waals surface area contributed by atoms with Gasteiger partial charge in [-0.2, -0.15) is 0 Å². The molecule has 1 aliphatic rings. The SMILES string of the molecule is COCCN1C(=O)COCc2ccc(-c3csc4ccccc34)cc21. The van der Waals surface area contributed by atoms with Crippen LogP contribution >= 0.6 is 11.3 Å². The smallest absolute Gasteiger partial charge is 0.253 e. The minimum Gasteiger partial charge on any atom is -0.383 e. The summed E-state index contributed by atoms with van der Waals surface area (Å²) in [5.74, 6) is -0.0249. The van der Waals surface area contributed by atoms with Crippen LogP contribution in [0, 0.1) is 0 Å². The molecule has 0 unspecified atom stereocenters. The molecule has 5 heteroatoms. The fourth-order valence-corrected chi connectivity index (χ4v) is 4.16. The lowest BCUT2D eigenvalue weighted by molar-refractivity contribution is -0.123. The number of amides is 1. The maximum Gasteiger partial charge on any atom is 0.253 e. The lowest BCUT2D eigenvalue weighted by Crippen LogP contribution is -2.35. The Morgan fingerprint density at radius 1 is 1.20 bits per heavy atom. The molecule has 0 saturated heterocycles. The molecule has 1 amide bonds. The third-order valence-corrected chi connectivity index (χ3v) is 5.43. The number of carbonyl (C=O) groups is 1. The molecule has 2 heterocycles. The van der Waals surface area contributed by atoms with Crippen LogP contribution in [0.3, 0.4) is 0 Å². The van der Waals surface area contributed by atoms with Crippen molar-refractivity contribution >= 4 is 33.0 Å². The van der Waals surface area contributed by atoms with E-state index in [0.717, 1.165) is 16.8 Å². The number of carbonyl (C=O) groups excluding carboxylic acids is 1. The molecular weight excluding hydrogens is 334 g/mol. The molecule has 4 nitrogen and oxygen atoms in total. The van der Waals surface area contributed by atoms with Crippen LogP contribution in [0.5, 0.6) is 0 Å². The first-order valence-electron chi connectivity index (χ1n) is 8.24. The topological polar surface area (TPSA) is 38.8 Å². The lowest BCUT2D eigenvalue weighted by Gasteiger charge is -2.22. The number of fused-ring (bicyclic) bond motifs is 2. The third-order valence-electron chi connectivity index (χ3n) is 4.47. The Labute approximate surface area is 150 Å². The van der Waals surface area contributed by atoms with E-state index in [1.54, 1.807) is 23.3 Å². The minimum absolute atomic E-state index is 0.0249. The van der Waals surface area contributed by atoms with Gasteiger partial charge in [0.1, 0.15) is 6.61 Å². The maximum absolute atomic E-state index is 12.4. The Balaban J connectivity index is 1.80. The van der Waals surface area contributed by atoms with Crippen LogP contribution < -0.4 is 4.90 Å². The number of benzene rings is 2. The second-order valence-corrected chi connectivity index (χ2v) is 6.93. The summed E-state index contributed by atoms with van der Waals surface area (Å²) >= 11 is 1.74. The zero-order chi connectivity index (χ0) is 17.2. The first-order valence-corrected chi connectivity index (χ1v) is 9.12. The lowest BCUT2D eigenvalue weighted by atomic mass is 10.0. The largest absolute Gasteiger partial charge is 0.383 e. The van der Waals surface area contributed by atoms with E-state index in [1.807, 2.05) is 0 Å². The van der Waals surface area contributed by atoms with Gasteiger partial charge < -0.3 is 14.4 Å². The molecule has 25 heavy (non-hydrogen) atoms. The second kappa shape index (κ2) is 6.96. The molecule has 0 radical (unpaired) electrons. The summed E-state index contributed by atoms with van der Waals surface area (Å²) in [7, 11) is 1.65. The van der Waals surface area contributed by atoms with E-state index in [2.05, 4.69) is 47.8 Å². The molecule has 0 N–H and O–H groups in total. The zero-order valence-corrected chi connectivity index (χ0v) is 14.8. The van der Waals surface area contributed by atoms with Crippen LogP contribution in [0.2, 0.25) is 0 Å². The van der Waals surface area contributed by atoms with E-state index in [4.69, 9.17) is 9.47 Å². The van der Waals surface area contributed by atoms with Gasteiger partial charge in [-0.1, -0.05) is 30.3 Å². The van der Waals surface area contributed by atoms with Gasteiger partial charge >= 0.3 is 0 Å². The van der Waals surface area contributed by atoms with E-state index < -0.39 is 0 Å². The van der Waals surface area contributed by atoms with E-state index in [9.17, 15) is 4.79 Å². The van der Waals surface area contributed by atoms with Gasteiger partial charge in [0.25, 0.3) is 5.91 Å². The first kappa shape index (κ1) is 16.3. The van der Waals surface area contributed by atoms with Crippen LogP contribution in [-0.2, 0) is 20.9 Å². The molecule has 0 atom stereocenters. The van der Waals surface area contributed by atoms with Crippen molar-refractivity contribution in [1.29, 1.82) is 0 Å². The number of ether oxygens (including phenoxy) is 2. The van der Waals surface area contributed by atoms with E-state index >= 15 is 0 Å². The zero-order valence-electron chi connectivity index (χ0n) is 14.0. The van der Waals surface area contributed by atoms with Crippen molar-refractivity contribution in [2.75, 3.05) is 31.8 Å². The molecule has 0 saturated carbocycles. The summed E-state index contributed by atoms with van der Waals surface area (Å²) in [5.41, 5.74) is 4.28. The molecule has 1 aromatic heterocycles. The molecule has 2 aromatic carbocycles. The Morgan fingerprint density at radius 2 is 2.08 bits per heavy atom. The number of rotatable bonds is 4. The van der Waals surface area contributed by atoms with Crippen LogP contribution in [0.25, 0.3) is 21.2 Å². The maximum atomic E-state index is 12.4. The van der Waals surface area contributed by atoms with Crippen LogP contribution in [0.1, 0.15) is 5.56 Å². The molecule has 4 rings (SSSR count). The molecular formula is C20H19NO3S. The number of nitrogens with zero attached hydrogens (tertiary/aromatic N) is 1. The van der Waals surface area contributed by atoms with Crippen LogP contribution in [0.15, 0.2) is 47.8 Å². The Hall–Kier alpha value is -2.21. The normalized spacial score (nSPS) is 14.6. The van der Waals surface area contributed by atoms with Gasteiger partial charge in [0.15, 0.2) is 0 Å². The second-order valence-electron chi connectivity index (χ2n) is 6.02. The molecule has 0 bridgehead atoms.